The van der Waals surface area contributed by atoms with E-state index in [2.05, 4.69) is 17.3 Å². The second kappa shape index (κ2) is 19.2. The minimum atomic E-state index is -0.569. The van der Waals surface area contributed by atoms with E-state index in [1.165, 1.54) is 101 Å². The third-order valence-corrected chi connectivity index (χ3v) is 8.49. The van der Waals surface area contributed by atoms with Crippen molar-refractivity contribution in [3.8, 4) is 5.69 Å². The Kier molecular flexibility index (Phi) is 15.7. The number of hydrogen-bond acceptors (Lipinski definition) is 4. The lowest BCUT2D eigenvalue weighted by Crippen LogP contribution is -2.16. The average molecular weight is 686 g/mol. The average Bonchev–Trinajstić information content (AvgIpc) is 3.34. The summed E-state index contributed by atoms with van der Waals surface area (Å²) in [6.07, 6.45) is 17.5. The van der Waals surface area contributed by atoms with Gasteiger partial charge in [-0.05, 0) is 36.8 Å². The zero-order valence-electron chi connectivity index (χ0n) is 25.2. The lowest BCUT2D eigenvalue weighted by molar-refractivity contribution is 0.0497. The van der Waals surface area contributed by atoms with Crippen LogP contribution in [0, 0.1) is 0 Å². The summed E-state index contributed by atoms with van der Waals surface area (Å²) >= 11 is 24.9. The smallest absolute Gasteiger partial charge is 0.338 e. The van der Waals surface area contributed by atoms with Gasteiger partial charge in [-0.3, -0.25) is 14.7 Å². The van der Waals surface area contributed by atoms with Crippen molar-refractivity contribution >= 4 is 64.1 Å². The number of hydrogen-bond donors (Lipinski definition) is 2. The Balaban J connectivity index is 1.41. The molecule has 7 nitrogen and oxygen atoms in total. The molecule has 3 rings (SSSR count). The number of ether oxygens (including phenoxy) is 1. The van der Waals surface area contributed by atoms with Crippen molar-refractivity contribution < 1.29 is 14.3 Å². The molecule has 0 saturated carbocycles. The zero-order valence-corrected chi connectivity index (χ0v) is 28.2. The van der Waals surface area contributed by atoms with E-state index in [-0.39, 0.29) is 37.7 Å². The number of unbranched alkanes of at least 4 members (excludes halogenated alkanes) is 13. The Hall–Kier alpha value is -2.45. The highest BCUT2D eigenvalue weighted by molar-refractivity contribution is 6.38. The number of benzene rings is 2. The number of aromatic nitrogens is 2. The molecule has 0 atom stereocenters. The quantitative estimate of drug-likeness (QED) is 0.0970. The van der Waals surface area contributed by atoms with Gasteiger partial charge < -0.3 is 10.1 Å². The normalized spacial score (nSPS) is 11.1. The number of aromatic amines is 1. The van der Waals surface area contributed by atoms with Gasteiger partial charge in [0, 0.05) is 11.1 Å². The number of nitrogens with zero attached hydrogens (tertiary/aromatic N) is 1. The second-order valence-electron chi connectivity index (χ2n) is 10.9. The molecule has 0 aliphatic carbocycles. The molecular weight excluding hydrogens is 644 g/mol. The highest BCUT2D eigenvalue weighted by Gasteiger charge is 2.19. The minimum absolute atomic E-state index is 0.0562. The molecule has 44 heavy (non-hydrogen) atoms. The van der Waals surface area contributed by atoms with Crippen LogP contribution in [-0.2, 0) is 4.74 Å². The van der Waals surface area contributed by atoms with E-state index in [1.54, 1.807) is 6.07 Å². The Morgan fingerprint density at radius 2 is 1.30 bits per heavy atom. The summed E-state index contributed by atoms with van der Waals surface area (Å²) in [6, 6.07) is 8.43. The Labute approximate surface area is 279 Å². The molecular formula is C33H41Cl4N3O4. The molecule has 2 aromatic carbocycles. The highest BCUT2D eigenvalue weighted by Crippen LogP contribution is 2.30. The van der Waals surface area contributed by atoms with Crippen molar-refractivity contribution in [2.24, 2.45) is 0 Å². The molecule has 0 saturated heterocycles. The van der Waals surface area contributed by atoms with Crippen molar-refractivity contribution in [1.29, 1.82) is 0 Å². The standard InChI is InChI=1S/C33H41Cl4N3O4/c1-2-3-4-5-6-7-8-9-10-11-12-13-14-15-18-44-33(43)23-19-27(36)31(28(37)20-23)40-30(41)22-29(39-40)38-32(42)25-21-24(34)16-17-26(25)35/h16-17,19-22,39H,2-15,18H2,1H3,(H,38,42). The van der Waals surface area contributed by atoms with Crippen molar-refractivity contribution in [3.05, 3.63) is 78.0 Å². The molecule has 0 aliphatic heterocycles. The molecule has 1 aromatic heterocycles. The predicted molar refractivity (Wildman–Crippen MR) is 181 cm³/mol. The first-order chi connectivity index (χ1) is 21.2. The first-order valence-corrected chi connectivity index (χ1v) is 17.0. The first-order valence-electron chi connectivity index (χ1n) is 15.5. The fourth-order valence-electron chi connectivity index (χ4n) is 4.93. The van der Waals surface area contributed by atoms with Crippen LogP contribution in [0.4, 0.5) is 5.82 Å². The molecule has 240 valence electrons. The molecule has 1 amide bonds. The number of amides is 1. The van der Waals surface area contributed by atoms with Gasteiger partial charge in [0.05, 0.1) is 32.8 Å². The largest absolute Gasteiger partial charge is 0.462 e. The molecule has 1 heterocycles. The van der Waals surface area contributed by atoms with Crippen LogP contribution in [0.1, 0.15) is 118 Å². The summed E-state index contributed by atoms with van der Waals surface area (Å²) in [5, 5.41) is 5.97. The molecule has 3 aromatic rings. The molecule has 11 heteroatoms. The summed E-state index contributed by atoms with van der Waals surface area (Å²) in [5.74, 6) is -1.03. The number of H-pyrrole nitrogens is 1. The van der Waals surface area contributed by atoms with Crippen LogP contribution in [0.2, 0.25) is 20.1 Å². The van der Waals surface area contributed by atoms with Crippen LogP contribution in [0.15, 0.2) is 41.2 Å². The van der Waals surface area contributed by atoms with Crippen LogP contribution in [0.5, 0.6) is 0 Å². The highest BCUT2D eigenvalue weighted by atomic mass is 35.5. The maximum atomic E-state index is 12.7. The van der Waals surface area contributed by atoms with Crippen LogP contribution in [-0.4, -0.2) is 28.3 Å². The lowest BCUT2D eigenvalue weighted by atomic mass is 10.0. The van der Waals surface area contributed by atoms with E-state index < -0.39 is 17.4 Å². The van der Waals surface area contributed by atoms with Gasteiger partial charge in [-0.1, -0.05) is 137 Å². The van der Waals surface area contributed by atoms with Crippen molar-refractivity contribution in [2.75, 3.05) is 11.9 Å². The van der Waals surface area contributed by atoms with Crippen molar-refractivity contribution in [3.63, 3.8) is 0 Å². The van der Waals surface area contributed by atoms with Gasteiger partial charge in [0.15, 0.2) is 0 Å². The number of anilines is 1. The summed E-state index contributed by atoms with van der Waals surface area (Å²) < 4.78 is 6.50. The van der Waals surface area contributed by atoms with Crippen LogP contribution in [0.25, 0.3) is 5.69 Å². The molecule has 0 radical (unpaired) electrons. The Bertz CT molecular complexity index is 1410. The second-order valence-corrected chi connectivity index (χ2v) is 12.6. The number of carbonyl (C=O) groups is 2. The van der Waals surface area contributed by atoms with Gasteiger partial charge in [0.2, 0.25) is 0 Å². The fraction of sp³-hybridized carbons (Fsp3) is 0.485. The number of halogens is 4. The number of nitrogens with one attached hydrogen (secondary N) is 2. The zero-order chi connectivity index (χ0) is 31.9. The molecule has 0 fully saturated rings. The maximum Gasteiger partial charge on any atom is 0.338 e. The van der Waals surface area contributed by atoms with Crippen LogP contribution < -0.4 is 10.9 Å². The Morgan fingerprint density at radius 3 is 1.86 bits per heavy atom. The fourth-order valence-corrected chi connectivity index (χ4v) is 5.96. The van der Waals surface area contributed by atoms with Crippen molar-refractivity contribution in [1.82, 2.24) is 9.78 Å². The summed E-state index contributed by atoms with van der Waals surface area (Å²) in [7, 11) is 0. The van der Waals surface area contributed by atoms with Crippen LogP contribution in [0.3, 0.4) is 0 Å². The van der Waals surface area contributed by atoms with Gasteiger partial charge in [0.1, 0.15) is 11.5 Å². The summed E-state index contributed by atoms with van der Waals surface area (Å²) in [4.78, 5) is 38.0. The number of rotatable bonds is 19. The molecule has 0 spiro atoms. The molecule has 0 unspecified atom stereocenters. The van der Waals surface area contributed by atoms with Gasteiger partial charge in [-0.15, -0.1) is 0 Å². The van der Waals surface area contributed by atoms with E-state index >= 15 is 0 Å². The van der Waals surface area contributed by atoms with Crippen molar-refractivity contribution in [2.45, 2.75) is 96.8 Å². The molecule has 2 N–H and O–H groups in total. The van der Waals surface area contributed by atoms with Gasteiger partial charge in [0.25, 0.3) is 11.5 Å². The lowest BCUT2D eigenvalue weighted by Gasteiger charge is -2.11. The topological polar surface area (TPSA) is 93.2 Å². The van der Waals surface area contributed by atoms with E-state index in [1.807, 2.05) is 0 Å². The van der Waals surface area contributed by atoms with E-state index in [9.17, 15) is 14.4 Å². The van der Waals surface area contributed by atoms with E-state index in [0.29, 0.717) is 11.6 Å². The number of esters is 1. The first kappa shape index (κ1) is 36.0. The van der Waals surface area contributed by atoms with Gasteiger partial charge in [-0.2, -0.15) is 0 Å². The SMILES string of the molecule is CCCCCCCCCCCCCCCCOC(=O)c1cc(Cl)c(-n2[nH]c(NC(=O)c3cc(Cl)ccc3Cl)cc2=O)c(Cl)c1. The summed E-state index contributed by atoms with van der Waals surface area (Å²) in [6.45, 7) is 2.56. The number of carbonyl (C=O) groups excluding carboxylic acids is 2. The Morgan fingerprint density at radius 1 is 0.750 bits per heavy atom. The monoisotopic (exact) mass is 683 g/mol. The van der Waals surface area contributed by atoms with Crippen LogP contribution >= 0.6 is 46.4 Å². The van der Waals surface area contributed by atoms with Gasteiger partial charge in [-0.25, -0.2) is 9.48 Å². The molecule has 0 aliphatic rings. The van der Waals surface area contributed by atoms with E-state index in [4.69, 9.17) is 51.1 Å². The van der Waals surface area contributed by atoms with E-state index in [0.717, 1.165) is 23.9 Å². The van der Waals surface area contributed by atoms with Gasteiger partial charge >= 0.3 is 5.97 Å². The minimum Gasteiger partial charge on any atom is -0.462 e. The predicted octanol–water partition coefficient (Wildman–Crippen LogP) is 10.7. The summed E-state index contributed by atoms with van der Waals surface area (Å²) in [5.41, 5.74) is -0.0869. The maximum absolute atomic E-state index is 12.7. The third-order valence-electron chi connectivity index (χ3n) is 7.35. The molecule has 0 bridgehead atoms. The third kappa shape index (κ3) is 11.5.